The van der Waals surface area contributed by atoms with E-state index in [-0.39, 0.29) is 5.56 Å². The maximum atomic E-state index is 11.0. The molecule has 0 amide bonds. The van der Waals surface area contributed by atoms with Gasteiger partial charge < -0.3 is 5.11 Å². The van der Waals surface area contributed by atoms with Crippen LogP contribution in [-0.4, -0.2) is 30.8 Å². The molecule has 0 spiro atoms. The fraction of sp³-hybridized carbons (Fsp3) is 0.273. The number of aryl methyl sites for hydroxylation is 2. The molecule has 0 saturated heterocycles. The molecule has 2 rings (SSSR count). The number of aromatic carboxylic acids is 1. The number of thioether (sulfide) groups is 1. The molecule has 0 unspecified atom stereocenters. The molecule has 0 aromatic carbocycles. The van der Waals surface area contributed by atoms with Gasteiger partial charge in [-0.1, -0.05) is 0 Å². The average Bonchev–Trinajstić information content (AvgIpc) is 2.65. The summed E-state index contributed by atoms with van der Waals surface area (Å²) >= 11 is 1.50. The van der Waals surface area contributed by atoms with Gasteiger partial charge in [-0.2, -0.15) is 5.10 Å². The predicted molar refractivity (Wildman–Crippen MR) is 66.5 cm³/mol. The van der Waals surface area contributed by atoms with Crippen LogP contribution in [0.2, 0.25) is 0 Å². The summed E-state index contributed by atoms with van der Waals surface area (Å²) in [6.07, 6.45) is 2.68. The number of carboxylic acids is 1. The minimum absolute atomic E-state index is 0.142. The molecule has 0 bridgehead atoms. The maximum Gasteiger partial charge on any atom is 0.339 e. The maximum absolute atomic E-state index is 11.0. The van der Waals surface area contributed by atoms with E-state index in [1.54, 1.807) is 4.68 Å². The molecule has 2 aromatic heterocycles. The molecular formula is C11H12N4O2S. The van der Waals surface area contributed by atoms with E-state index in [1.807, 2.05) is 20.0 Å². The zero-order chi connectivity index (χ0) is 13.1. The minimum Gasteiger partial charge on any atom is -0.478 e. The molecule has 6 nitrogen and oxygen atoms in total. The number of aromatic nitrogens is 4. The second-order valence-corrected chi connectivity index (χ2v) is 4.72. The lowest BCUT2D eigenvalue weighted by Crippen LogP contribution is -2.05. The van der Waals surface area contributed by atoms with Crippen molar-refractivity contribution in [2.45, 2.75) is 17.7 Å². The van der Waals surface area contributed by atoms with E-state index in [0.717, 1.165) is 10.7 Å². The lowest BCUT2D eigenvalue weighted by atomic mass is 10.2. The van der Waals surface area contributed by atoms with Crippen LogP contribution in [-0.2, 0) is 12.8 Å². The van der Waals surface area contributed by atoms with Crippen molar-refractivity contribution in [3.05, 3.63) is 35.5 Å². The van der Waals surface area contributed by atoms with Crippen LogP contribution in [0.15, 0.2) is 23.6 Å². The van der Waals surface area contributed by atoms with Gasteiger partial charge in [-0.05, 0) is 13.0 Å². The van der Waals surface area contributed by atoms with E-state index in [1.165, 1.54) is 24.3 Å². The van der Waals surface area contributed by atoms with E-state index in [2.05, 4.69) is 15.1 Å². The van der Waals surface area contributed by atoms with Gasteiger partial charge in [0.05, 0.1) is 16.4 Å². The number of nitrogens with zero attached hydrogens (tertiary/aromatic N) is 4. The summed E-state index contributed by atoms with van der Waals surface area (Å²) in [7, 11) is 1.85. The van der Waals surface area contributed by atoms with E-state index >= 15 is 0 Å². The Morgan fingerprint density at radius 3 is 2.94 bits per heavy atom. The highest BCUT2D eigenvalue weighted by Gasteiger charge is 2.12. The number of carbonyl (C=O) groups is 1. The number of rotatable bonds is 4. The van der Waals surface area contributed by atoms with Gasteiger partial charge >= 0.3 is 5.97 Å². The number of carboxylic acid groups (broad SMARTS) is 1. The summed E-state index contributed by atoms with van der Waals surface area (Å²) < 4.78 is 1.77. The van der Waals surface area contributed by atoms with Gasteiger partial charge in [-0.25, -0.2) is 14.8 Å². The van der Waals surface area contributed by atoms with E-state index in [4.69, 9.17) is 5.11 Å². The summed E-state index contributed by atoms with van der Waals surface area (Å²) in [5, 5.41) is 14.2. The van der Waals surface area contributed by atoms with Crippen molar-refractivity contribution in [1.29, 1.82) is 0 Å². The molecule has 0 fully saturated rings. The average molecular weight is 264 g/mol. The molecule has 0 atom stereocenters. The van der Waals surface area contributed by atoms with Gasteiger partial charge in [-0.15, -0.1) is 11.8 Å². The van der Waals surface area contributed by atoms with Crippen molar-refractivity contribution >= 4 is 17.7 Å². The summed E-state index contributed by atoms with van der Waals surface area (Å²) in [6.45, 7) is 1.91. The largest absolute Gasteiger partial charge is 0.478 e. The van der Waals surface area contributed by atoms with Crippen molar-refractivity contribution < 1.29 is 9.90 Å². The standard InChI is InChI=1S/C11H12N4O2S/c1-7-3-10(15(2)14-7)18-5-9-8(11(16)17)4-12-6-13-9/h3-4,6H,5H2,1-2H3,(H,16,17). The monoisotopic (exact) mass is 264 g/mol. The highest BCUT2D eigenvalue weighted by molar-refractivity contribution is 7.98. The van der Waals surface area contributed by atoms with Crippen molar-refractivity contribution in [3.8, 4) is 0 Å². The van der Waals surface area contributed by atoms with Crippen LogP contribution in [0.3, 0.4) is 0 Å². The molecule has 2 aromatic rings. The Morgan fingerprint density at radius 1 is 1.56 bits per heavy atom. The van der Waals surface area contributed by atoms with Gasteiger partial charge in [-0.3, -0.25) is 4.68 Å². The molecule has 0 aliphatic heterocycles. The number of hydrogen-bond acceptors (Lipinski definition) is 5. The number of hydrogen-bond donors (Lipinski definition) is 1. The van der Waals surface area contributed by atoms with E-state index in [0.29, 0.717) is 11.4 Å². The molecule has 0 saturated carbocycles. The molecule has 2 heterocycles. The Kier molecular flexibility index (Phi) is 3.61. The summed E-state index contributed by atoms with van der Waals surface area (Å²) in [5.41, 5.74) is 1.59. The van der Waals surface area contributed by atoms with Crippen LogP contribution in [0.25, 0.3) is 0 Å². The Bertz CT molecular complexity index is 582. The van der Waals surface area contributed by atoms with Gasteiger partial charge in [0.15, 0.2) is 0 Å². The fourth-order valence-corrected chi connectivity index (χ4v) is 2.51. The third-order valence-electron chi connectivity index (χ3n) is 2.34. The van der Waals surface area contributed by atoms with Crippen LogP contribution < -0.4 is 0 Å². The Morgan fingerprint density at radius 2 is 2.33 bits per heavy atom. The first-order chi connectivity index (χ1) is 8.58. The van der Waals surface area contributed by atoms with Crippen molar-refractivity contribution in [3.63, 3.8) is 0 Å². The van der Waals surface area contributed by atoms with Crippen LogP contribution in [0.1, 0.15) is 21.7 Å². The van der Waals surface area contributed by atoms with E-state index < -0.39 is 5.97 Å². The van der Waals surface area contributed by atoms with Crippen molar-refractivity contribution in [2.24, 2.45) is 7.05 Å². The zero-order valence-electron chi connectivity index (χ0n) is 9.99. The molecular weight excluding hydrogens is 252 g/mol. The molecule has 0 aliphatic carbocycles. The van der Waals surface area contributed by atoms with Gasteiger partial charge in [0, 0.05) is 19.0 Å². The molecule has 94 valence electrons. The molecule has 0 radical (unpaired) electrons. The molecule has 1 N–H and O–H groups in total. The quantitative estimate of drug-likeness (QED) is 0.843. The van der Waals surface area contributed by atoms with Crippen molar-refractivity contribution in [2.75, 3.05) is 0 Å². The van der Waals surface area contributed by atoms with Crippen LogP contribution >= 0.6 is 11.8 Å². The van der Waals surface area contributed by atoms with Crippen LogP contribution in [0, 0.1) is 6.92 Å². The molecule has 0 aliphatic rings. The second kappa shape index (κ2) is 5.18. The lowest BCUT2D eigenvalue weighted by Gasteiger charge is -2.04. The first kappa shape index (κ1) is 12.6. The highest BCUT2D eigenvalue weighted by atomic mass is 32.2. The first-order valence-corrected chi connectivity index (χ1v) is 6.22. The molecule has 7 heteroatoms. The Labute approximate surface area is 108 Å². The molecule has 18 heavy (non-hydrogen) atoms. The second-order valence-electron chi connectivity index (χ2n) is 3.72. The highest BCUT2D eigenvalue weighted by Crippen LogP contribution is 2.23. The van der Waals surface area contributed by atoms with Crippen molar-refractivity contribution in [1.82, 2.24) is 19.7 Å². The third kappa shape index (κ3) is 2.67. The van der Waals surface area contributed by atoms with Gasteiger partial charge in [0.1, 0.15) is 11.9 Å². The topological polar surface area (TPSA) is 80.9 Å². The van der Waals surface area contributed by atoms with Gasteiger partial charge in [0.25, 0.3) is 0 Å². The smallest absolute Gasteiger partial charge is 0.339 e. The summed E-state index contributed by atoms with van der Waals surface area (Å²) in [6, 6.07) is 1.95. The minimum atomic E-state index is -1.01. The zero-order valence-corrected chi connectivity index (χ0v) is 10.8. The van der Waals surface area contributed by atoms with Gasteiger partial charge in [0.2, 0.25) is 0 Å². The third-order valence-corrected chi connectivity index (χ3v) is 3.44. The normalized spacial score (nSPS) is 10.6. The lowest BCUT2D eigenvalue weighted by molar-refractivity contribution is 0.0695. The Hall–Kier alpha value is -1.89. The fourth-order valence-electron chi connectivity index (χ4n) is 1.51. The summed E-state index contributed by atoms with van der Waals surface area (Å²) in [5.74, 6) is -0.532. The van der Waals surface area contributed by atoms with Crippen LogP contribution in [0.5, 0.6) is 0 Å². The Balaban J connectivity index is 2.15. The van der Waals surface area contributed by atoms with Crippen LogP contribution in [0.4, 0.5) is 0 Å². The first-order valence-electron chi connectivity index (χ1n) is 5.23. The predicted octanol–water partition coefficient (Wildman–Crippen LogP) is 1.51. The van der Waals surface area contributed by atoms with E-state index in [9.17, 15) is 4.79 Å². The summed E-state index contributed by atoms with van der Waals surface area (Å²) in [4.78, 5) is 18.7. The SMILES string of the molecule is Cc1cc(SCc2ncncc2C(=O)O)n(C)n1.